The highest BCUT2D eigenvalue weighted by molar-refractivity contribution is 5.76. The van der Waals surface area contributed by atoms with Crippen LogP contribution in [0.15, 0.2) is 6.33 Å². The van der Waals surface area contributed by atoms with Crippen molar-refractivity contribution >= 4 is 11.7 Å². The van der Waals surface area contributed by atoms with Crippen LogP contribution < -0.4 is 10.6 Å². The minimum Gasteiger partial charge on any atom is -0.370 e. The maximum absolute atomic E-state index is 11.6. The number of anilines is 1. The number of hydrogen-bond acceptors (Lipinski definition) is 4. The zero-order valence-electron chi connectivity index (χ0n) is 12.5. The van der Waals surface area contributed by atoms with E-state index < -0.39 is 0 Å². The van der Waals surface area contributed by atoms with Crippen LogP contribution in [0.2, 0.25) is 0 Å². The SMILES string of the molecule is O=C(CCCNc1ncnc2c1CCCCC2)NC1CC1. The van der Waals surface area contributed by atoms with Crippen molar-refractivity contribution in [1.29, 1.82) is 0 Å². The molecule has 2 N–H and O–H groups in total. The predicted molar refractivity (Wildman–Crippen MR) is 82.2 cm³/mol. The third kappa shape index (κ3) is 4.16. The summed E-state index contributed by atoms with van der Waals surface area (Å²) in [5, 5.41) is 6.41. The van der Waals surface area contributed by atoms with Gasteiger partial charge in [-0.3, -0.25) is 4.79 Å². The summed E-state index contributed by atoms with van der Waals surface area (Å²) in [6.45, 7) is 0.793. The number of aromatic nitrogens is 2. The number of hydrogen-bond donors (Lipinski definition) is 2. The molecule has 0 aliphatic heterocycles. The predicted octanol–water partition coefficient (Wildman–Crippen LogP) is 2.22. The first-order valence-electron chi connectivity index (χ1n) is 8.19. The standard InChI is InChI=1S/C16H24N4O/c21-15(20-12-8-9-12)7-4-10-17-16-13-5-2-1-3-6-14(13)18-11-19-16/h11-12H,1-10H2,(H,20,21)(H,17,18,19). The molecule has 0 saturated heterocycles. The van der Waals surface area contributed by atoms with Gasteiger partial charge in [0.2, 0.25) is 5.91 Å². The summed E-state index contributed by atoms with van der Waals surface area (Å²) < 4.78 is 0. The van der Waals surface area contributed by atoms with Crippen molar-refractivity contribution in [3.05, 3.63) is 17.6 Å². The van der Waals surface area contributed by atoms with Crippen molar-refractivity contribution in [2.75, 3.05) is 11.9 Å². The van der Waals surface area contributed by atoms with E-state index in [-0.39, 0.29) is 5.91 Å². The molecule has 1 heterocycles. The summed E-state index contributed by atoms with van der Waals surface area (Å²) in [7, 11) is 0. The summed E-state index contributed by atoms with van der Waals surface area (Å²) in [5.41, 5.74) is 2.49. The zero-order chi connectivity index (χ0) is 14.5. The Hall–Kier alpha value is -1.65. The molecule has 114 valence electrons. The number of amides is 1. The van der Waals surface area contributed by atoms with Gasteiger partial charge in [0, 0.05) is 30.3 Å². The van der Waals surface area contributed by atoms with Gasteiger partial charge in [-0.2, -0.15) is 0 Å². The van der Waals surface area contributed by atoms with Gasteiger partial charge >= 0.3 is 0 Å². The van der Waals surface area contributed by atoms with Gasteiger partial charge in [0.05, 0.1) is 0 Å². The second-order valence-corrected chi connectivity index (χ2v) is 6.08. The van der Waals surface area contributed by atoms with E-state index >= 15 is 0 Å². The van der Waals surface area contributed by atoms with Crippen LogP contribution in [0.3, 0.4) is 0 Å². The first kappa shape index (κ1) is 14.3. The number of nitrogens with one attached hydrogen (secondary N) is 2. The number of nitrogens with zero attached hydrogens (tertiary/aromatic N) is 2. The molecule has 0 spiro atoms. The third-order valence-corrected chi connectivity index (χ3v) is 4.19. The average Bonchev–Trinajstić information content (AvgIpc) is 3.30. The molecule has 0 aromatic carbocycles. The molecule has 0 atom stereocenters. The molecule has 0 unspecified atom stereocenters. The van der Waals surface area contributed by atoms with Crippen LogP contribution in [-0.4, -0.2) is 28.5 Å². The Labute approximate surface area is 125 Å². The molecular weight excluding hydrogens is 264 g/mol. The van der Waals surface area contributed by atoms with Crippen LogP contribution >= 0.6 is 0 Å². The van der Waals surface area contributed by atoms with E-state index in [0.717, 1.165) is 44.5 Å². The van der Waals surface area contributed by atoms with Crippen molar-refractivity contribution in [3.8, 4) is 0 Å². The third-order valence-electron chi connectivity index (χ3n) is 4.19. The van der Waals surface area contributed by atoms with E-state index in [1.165, 1.54) is 30.5 Å². The topological polar surface area (TPSA) is 66.9 Å². The minimum atomic E-state index is 0.181. The summed E-state index contributed by atoms with van der Waals surface area (Å²) in [5.74, 6) is 1.16. The smallest absolute Gasteiger partial charge is 0.220 e. The Kier molecular flexibility index (Phi) is 4.68. The Balaban J connectivity index is 1.47. The lowest BCUT2D eigenvalue weighted by molar-refractivity contribution is -0.121. The maximum Gasteiger partial charge on any atom is 0.220 e. The normalized spacial score (nSPS) is 17.7. The molecule has 1 aromatic rings. The van der Waals surface area contributed by atoms with Crippen molar-refractivity contribution < 1.29 is 4.79 Å². The largest absolute Gasteiger partial charge is 0.370 e. The Bertz CT molecular complexity index is 499. The lowest BCUT2D eigenvalue weighted by atomic mass is 10.1. The van der Waals surface area contributed by atoms with Gasteiger partial charge in [-0.25, -0.2) is 9.97 Å². The van der Waals surface area contributed by atoms with Crippen LogP contribution in [0, 0.1) is 0 Å². The minimum absolute atomic E-state index is 0.181. The first-order valence-corrected chi connectivity index (χ1v) is 8.19. The van der Waals surface area contributed by atoms with Crippen molar-refractivity contribution in [3.63, 3.8) is 0 Å². The van der Waals surface area contributed by atoms with Gasteiger partial charge < -0.3 is 10.6 Å². The molecule has 21 heavy (non-hydrogen) atoms. The van der Waals surface area contributed by atoms with Gasteiger partial charge in [-0.1, -0.05) is 6.42 Å². The molecular formula is C16H24N4O. The molecule has 1 fully saturated rings. The van der Waals surface area contributed by atoms with E-state index in [1.807, 2.05) is 0 Å². The fourth-order valence-electron chi connectivity index (χ4n) is 2.83. The highest BCUT2D eigenvalue weighted by atomic mass is 16.1. The van der Waals surface area contributed by atoms with Gasteiger partial charge in [-0.05, 0) is 44.9 Å². The Morgan fingerprint density at radius 3 is 2.90 bits per heavy atom. The zero-order valence-corrected chi connectivity index (χ0v) is 12.5. The number of rotatable bonds is 6. The van der Waals surface area contributed by atoms with E-state index in [0.29, 0.717) is 12.5 Å². The summed E-state index contributed by atoms with van der Waals surface area (Å²) in [6.07, 6.45) is 11.3. The van der Waals surface area contributed by atoms with Crippen molar-refractivity contribution in [2.24, 2.45) is 0 Å². The molecule has 3 rings (SSSR count). The molecule has 1 aromatic heterocycles. The van der Waals surface area contributed by atoms with Crippen molar-refractivity contribution in [1.82, 2.24) is 15.3 Å². The number of carbonyl (C=O) groups is 1. The molecule has 5 heteroatoms. The van der Waals surface area contributed by atoms with Gasteiger partial charge in [0.15, 0.2) is 0 Å². The number of fused-ring (bicyclic) bond motifs is 1. The monoisotopic (exact) mass is 288 g/mol. The lowest BCUT2D eigenvalue weighted by Gasteiger charge is -2.12. The Morgan fingerprint density at radius 1 is 1.19 bits per heavy atom. The van der Waals surface area contributed by atoms with Crippen molar-refractivity contribution in [2.45, 2.75) is 63.8 Å². The number of aryl methyl sites for hydroxylation is 1. The maximum atomic E-state index is 11.6. The molecule has 1 saturated carbocycles. The highest BCUT2D eigenvalue weighted by Gasteiger charge is 2.22. The molecule has 2 aliphatic rings. The van der Waals surface area contributed by atoms with Crippen LogP contribution in [0.25, 0.3) is 0 Å². The summed E-state index contributed by atoms with van der Waals surface area (Å²) in [6, 6.07) is 0.461. The van der Waals surface area contributed by atoms with Gasteiger partial charge in [-0.15, -0.1) is 0 Å². The fraction of sp³-hybridized carbons (Fsp3) is 0.688. The average molecular weight is 288 g/mol. The highest BCUT2D eigenvalue weighted by Crippen LogP contribution is 2.23. The van der Waals surface area contributed by atoms with Crippen LogP contribution in [-0.2, 0) is 17.6 Å². The van der Waals surface area contributed by atoms with E-state index in [2.05, 4.69) is 20.6 Å². The van der Waals surface area contributed by atoms with Gasteiger partial charge in [0.1, 0.15) is 12.1 Å². The lowest BCUT2D eigenvalue weighted by Crippen LogP contribution is -2.25. The fourth-order valence-corrected chi connectivity index (χ4v) is 2.83. The molecule has 1 amide bonds. The molecule has 0 bridgehead atoms. The Morgan fingerprint density at radius 2 is 2.05 bits per heavy atom. The molecule has 5 nitrogen and oxygen atoms in total. The van der Waals surface area contributed by atoms with E-state index in [9.17, 15) is 4.79 Å². The molecule has 0 radical (unpaired) electrons. The quantitative estimate of drug-likeness (QED) is 0.622. The van der Waals surface area contributed by atoms with Crippen LogP contribution in [0.1, 0.15) is 56.2 Å². The van der Waals surface area contributed by atoms with Crippen LogP contribution in [0.4, 0.5) is 5.82 Å². The van der Waals surface area contributed by atoms with E-state index in [4.69, 9.17) is 0 Å². The van der Waals surface area contributed by atoms with E-state index in [1.54, 1.807) is 6.33 Å². The second-order valence-electron chi connectivity index (χ2n) is 6.08. The first-order chi connectivity index (χ1) is 10.3. The molecule has 2 aliphatic carbocycles. The summed E-state index contributed by atoms with van der Waals surface area (Å²) >= 11 is 0. The number of carbonyl (C=O) groups excluding carboxylic acids is 1. The summed E-state index contributed by atoms with van der Waals surface area (Å²) in [4.78, 5) is 20.4. The van der Waals surface area contributed by atoms with Gasteiger partial charge in [0.25, 0.3) is 0 Å². The second kappa shape index (κ2) is 6.87. The van der Waals surface area contributed by atoms with Crippen LogP contribution in [0.5, 0.6) is 0 Å².